The van der Waals surface area contributed by atoms with Crippen molar-refractivity contribution in [1.82, 2.24) is 10.1 Å². The number of nitrogens with two attached hydrogens (primary N) is 1. The summed E-state index contributed by atoms with van der Waals surface area (Å²) >= 11 is 0. The monoisotopic (exact) mass is 253 g/mol. The molecular formula is C12H13F2N3O. The Kier molecular flexibility index (Phi) is 3.99. The lowest BCUT2D eigenvalue weighted by Gasteiger charge is -2.01. The van der Waals surface area contributed by atoms with Crippen LogP contribution in [-0.2, 0) is 13.0 Å². The van der Waals surface area contributed by atoms with Gasteiger partial charge in [0.25, 0.3) is 0 Å². The predicted molar refractivity (Wildman–Crippen MR) is 62.0 cm³/mol. The second-order valence-corrected chi connectivity index (χ2v) is 3.84. The van der Waals surface area contributed by atoms with E-state index >= 15 is 0 Å². The fraction of sp³-hybridized carbons (Fsp3) is 0.333. The van der Waals surface area contributed by atoms with Crippen LogP contribution in [0.4, 0.5) is 8.78 Å². The number of aromatic nitrogens is 2. The van der Waals surface area contributed by atoms with Gasteiger partial charge in [0.15, 0.2) is 0 Å². The molecule has 6 heteroatoms. The first-order valence-corrected chi connectivity index (χ1v) is 5.59. The number of halogens is 2. The van der Waals surface area contributed by atoms with Crippen molar-refractivity contribution in [2.45, 2.75) is 25.8 Å². The van der Waals surface area contributed by atoms with Gasteiger partial charge in [-0.25, -0.2) is 8.78 Å². The van der Waals surface area contributed by atoms with Gasteiger partial charge < -0.3 is 10.3 Å². The molecule has 2 N–H and O–H groups in total. The average Bonchev–Trinajstić information content (AvgIpc) is 2.85. The molecule has 0 saturated heterocycles. The van der Waals surface area contributed by atoms with Gasteiger partial charge >= 0.3 is 0 Å². The summed E-state index contributed by atoms with van der Waals surface area (Å²) in [6, 6.07) is 7.14. The van der Waals surface area contributed by atoms with Crippen LogP contribution in [0.25, 0.3) is 11.4 Å². The quantitative estimate of drug-likeness (QED) is 0.888. The Labute approximate surface area is 103 Å². The van der Waals surface area contributed by atoms with E-state index in [0.717, 1.165) is 11.1 Å². The van der Waals surface area contributed by atoms with Gasteiger partial charge in [-0.3, -0.25) is 0 Å². The van der Waals surface area contributed by atoms with Crippen LogP contribution in [0.5, 0.6) is 0 Å². The highest BCUT2D eigenvalue weighted by Crippen LogP contribution is 2.17. The lowest BCUT2D eigenvalue weighted by molar-refractivity contribution is 0.138. The lowest BCUT2D eigenvalue weighted by Crippen LogP contribution is -1.96. The number of hydrogen-bond acceptors (Lipinski definition) is 4. The molecule has 96 valence electrons. The second kappa shape index (κ2) is 5.68. The molecule has 0 atom stereocenters. The fourth-order valence-corrected chi connectivity index (χ4v) is 1.55. The van der Waals surface area contributed by atoms with Gasteiger partial charge in [-0.1, -0.05) is 29.4 Å². The summed E-state index contributed by atoms with van der Waals surface area (Å²) in [5.74, 6) is 0.822. The van der Waals surface area contributed by atoms with Crippen molar-refractivity contribution in [3.8, 4) is 11.4 Å². The molecule has 18 heavy (non-hydrogen) atoms. The maximum absolute atomic E-state index is 12.1. The van der Waals surface area contributed by atoms with Crippen LogP contribution in [0, 0.1) is 0 Å². The zero-order valence-corrected chi connectivity index (χ0v) is 9.64. The third-order valence-electron chi connectivity index (χ3n) is 2.51. The number of nitrogens with zero attached hydrogens (tertiary/aromatic N) is 2. The largest absolute Gasteiger partial charge is 0.338 e. The Morgan fingerprint density at radius 2 is 1.94 bits per heavy atom. The maximum atomic E-state index is 12.1. The van der Waals surface area contributed by atoms with Crippen LogP contribution in [-0.4, -0.2) is 16.6 Å². The second-order valence-electron chi connectivity index (χ2n) is 3.84. The molecule has 0 spiro atoms. The van der Waals surface area contributed by atoms with E-state index in [-0.39, 0.29) is 13.0 Å². The van der Waals surface area contributed by atoms with Gasteiger partial charge in [0.1, 0.15) is 0 Å². The van der Waals surface area contributed by atoms with Crippen molar-refractivity contribution in [2.75, 3.05) is 0 Å². The highest BCUT2D eigenvalue weighted by atomic mass is 19.3. The zero-order valence-electron chi connectivity index (χ0n) is 9.64. The number of rotatable bonds is 5. The Hall–Kier alpha value is -1.82. The van der Waals surface area contributed by atoms with Crippen molar-refractivity contribution in [2.24, 2.45) is 5.73 Å². The smallest absolute Gasteiger partial charge is 0.240 e. The molecule has 4 nitrogen and oxygen atoms in total. The molecule has 0 aliphatic heterocycles. The molecular weight excluding hydrogens is 240 g/mol. The normalized spacial score (nSPS) is 11.1. The number of hydrogen-bond donors (Lipinski definition) is 1. The number of alkyl halides is 2. The van der Waals surface area contributed by atoms with Crippen LogP contribution >= 0.6 is 0 Å². The molecule has 0 unspecified atom stereocenters. The highest BCUT2D eigenvalue weighted by molar-refractivity contribution is 5.54. The molecule has 0 radical (unpaired) electrons. The van der Waals surface area contributed by atoms with E-state index in [0.29, 0.717) is 18.1 Å². The topological polar surface area (TPSA) is 64.9 Å². The first kappa shape index (κ1) is 12.6. The molecule has 0 saturated carbocycles. The Morgan fingerprint density at radius 3 is 2.50 bits per heavy atom. The molecule has 0 aliphatic carbocycles. The van der Waals surface area contributed by atoms with Crippen molar-refractivity contribution < 1.29 is 13.3 Å². The molecule has 0 amide bonds. The summed E-state index contributed by atoms with van der Waals surface area (Å²) in [6.07, 6.45) is -2.04. The van der Waals surface area contributed by atoms with E-state index in [9.17, 15) is 8.78 Å². The van der Waals surface area contributed by atoms with Gasteiger partial charge in [0, 0.05) is 12.0 Å². The predicted octanol–water partition coefficient (Wildman–Crippen LogP) is 2.39. The van der Waals surface area contributed by atoms with Crippen LogP contribution in [0.2, 0.25) is 0 Å². The molecule has 2 rings (SSSR count). The summed E-state index contributed by atoms with van der Waals surface area (Å²) in [6.45, 7) is 0.194. The van der Waals surface area contributed by atoms with E-state index in [4.69, 9.17) is 10.3 Å². The average molecular weight is 253 g/mol. The van der Waals surface area contributed by atoms with Gasteiger partial charge in [-0.15, -0.1) is 0 Å². The molecule has 0 aliphatic rings. The number of aryl methyl sites for hydroxylation is 1. The van der Waals surface area contributed by atoms with Crippen molar-refractivity contribution in [1.29, 1.82) is 0 Å². The highest BCUT2D eigenvalue weighted by Gasteiger charge is 2.08. The Bertz CT molecular complexity index is 496. The van der Waals surface area contributed by atoms with E-state index in [1.165, 1.54) is 0 Å². The third-order valence-corrected chi connectivity index (χ3v) is 2.51. The zero-order chi connectivity index (χ0) is 13.0. The van der Waals surface area contributed by atoms with E-state index in [2.05, 4.69) is 10.1 Å². The van der Waals surface area contributed by atoms with Crippen molar-refractivity contribution >= 4 is 0 Å². The molecule has 0 bridgehead atoms. The Balaban J connectivity index is 2.07. The summed E-state index contributed by atoms with van der Waals surface area (Å²) in [5, 5.41) is 3.78. The van der Waals surface area contributed by atoms with E-state index in [1.54, 1.807) is 24.3 Å². The van der Waals surface area contributed by atoms with E-state index < -0.39 is 6.43 Å². The minimum atomic E-state index is -2.27. The molecule has 1 aromatic carbocycles. The van der Waals surface area contributed by atoms with Gasteiger partial charge in [0.05, 0.1) is 6.54 Å². The molecule has 1 aromatic heterocycles. The summed E-state index contributed by atoms with van der Waals surface area (Å²) < 4.78 is 29.0. The van der Waals surface area contributed by atoms with Crippen molar-refractivity contribution in [3.63, 3.8) is 0 Å². The minimum absolute atomic E-state index is 0.126. The van der Waals surface area contributed by atoms with Crippen LogP contribution in [0.1, 0.15) is 17.9 Å². The van der Waals surface area contributed by atoms with Gasteiger partial charge in [-0.2, -0.15) is 4.98 Å². The van der Waals surface area contributed by atoms with Gasteiger partial charge in [-0.05, 0) is 12.0 Å². The first-order chi connectivity index (χ1) is 8.69. The summed E-state index contributed by atoms with van der Waals surface area (Å²) in [5.41, 5.74) is 7.01. The summed E-state index contributed by atoms with van der Waals surface area (Å²) in [4.78, 5) is 4.08. The SMILES string of the molecule is NCc1nc(-c2ccc(CCC(F)F)cc2)no1. The van der Waals surface area contributed by atoms with Crippen LogP contribution in [0.3, 0.4) is 0 Å². The van der Waals surface area contributed by atoms with Crippen molar-refractivity contribution in [3.05, 3.63) is 35.7 Å². The van der Waals surface area contributed by atoms with E-state index in [1.807, 2.05) is 0 Å². The minimum Gasteiger partial charge on any atom is -0.338 e. The third kappa shape index (κ3) is 3.10. The molecule has 2 aromatic rings. The lowest BCUT2D eigenvalue weighted by atomic mass is 10.1. The maximum Gasteiger partial charge on any atom is 0.240 e. The van der Waals surface area contributed by atoms with Gasteiger partial charge in [0.2, 0.25) is 18.1 Å². The first-order valence-electron chi connectivity index (χ1n) is 5.59. The Morgan fingerprint density at radius 1 is 1.22 bits per heavy atom. The van der Waals surface area contributed by atoms with Crippen LogP contribution < -0.4 is 5.73 Å². The molecule has 0 fully saturated rings. The number of benzene rings is 1. The fourth-order valence-electron chi connectivity index (χ4n) is 1.55. The standard InChI is InChI=1S/C12H13F2N3O/c13-10(14)6-3-8-1-4-9(5-2-8)12-16-11(7-15)18-17-12/h1-2,4-5,10H,3,6-7,15H2. The van der Waals surface area contributed by atoms with Crippen LogP contribution in [0.15, 0.2) is 28.8 Å². The molecule has 1 heterocycles. The summed E-state index contributed by atoms with van der Waals surface area (Å²) in [7, 11) is 0.